The van der Waals surface area contributed by atoms with Crippen LogP contribution in [0.25, 0.3) is 0 Å². The van der Waals surface area contributed by atoms with E-state index in [4.69, 9.17) is 9.47 Å². The van der Waals surface area contributed by atoms with Gasteiger partial charge >= 0.3 is 0 Å². The number of halogens is 1. The van der Waals surface area contributed by atoms with Crippen LogP contribution in [-0.2, 0) is 0 Å². The van der Waals surface area contributed by atoms with Crippen LogP contribution in [-0.4, -0.2) is 33.1 Å². The van der Waals surface area contributed by atoms with Gasteiger partial charge in [0.05, 0.1) is 25.8 Å². The van der Waals surface area contributed by atoms with Gasteiger partial charge < -0.3 is 14.8 Å². The first-order chi connectivity index (χ1) is 8.06. The summed E-state index contributed by atoms with van der Waals surface area (Å²) >= 11 is 3.37. The van der Waals surface area contributed by atoms with Crippen LogP contribution in [0.5, 0.6) is 11.5 Å². The average Bonchev–Trinajstić information content (AvgIpc) is 2.36. The number of Topliss-reactive ketones (excluding diaryl/α,β-unsaturated/α-hetero) is 1. The Bertz CT molecular complexity index is 420. The Kier molecular flexibility index (Phi) is 4.96. The van der Waals surface area contributed by atoms with Crippen LogP contribution in [0, 0.1) is 0 Å². The maximum Gasteiger partial charge on any atom is 0.183 e. The quantitative estimate of drug-likeness (QED) is 0.848. The number of rotatable bonds is 5. The minimum Gasteiger partial charge on any atom is -0.495 e. The second kappa shape index (κ2) is 6.02. The number of hydrogen-bond donors (Lipinski definition) is 1. The lowest BCUT2D eigenvalue weighted by molar-refractivity contribution is 0.0952. The van der Waals surface area contributed by atoms with E-state index in [1.165, 1.54) is 7.11 Å². The molecule has 0 radical (unpaired) electrons. The summed E-state index contributed by atoms with van der Waals surface area (Å²) in [4.78, 5) is 12.1. The number of carbonyl (C=O) groups is 1. The molecule has 0 aliphatic heterocycles. The summed E-state index contributed by atoms with van der Waals surface area (Å²) in [6, 6.07) is 3.19. The van der Waals surface area contributed by atoms with E-state index >= 15 is 0 Å². The Morgan fingerprint density at radius 2 is 2.00 bits per heavy atom. The fourth-order valence-corrected chi connectivity index (χ4v) is 2.12. The van der Waals surface area contributed by atoms with Gasteiger partial charge in [-0.05, 0) is 42.0 Å². The van der Waals surface area contributed by atoms with E-state index in [0.717, 1.165) is 0 Å². The summed E-state index contributed by atoms with van der Waals surface area (Å²) in [7, 11) is 4.84. The molecule has 94 valence electrons. The third-order valence-electron chi connectivity index (χ3n) is 2.58. The van der Waals surface area contributed by atoms with E-state index < -0.39 is 0 Å². The summed E-state index contributed by atoms with van der Waals surface area (Å²) in [5, 5.41) is 2.91. The van der Waals surface area contributed by atoms with Gasteiger partial charge in [0.25, 0.3) is 0 Å². The molecule has 0 saturated carbocycles. The molecule has 0 aromatic heterocycles. The van der Waals surface area contributed by atoms with Gasteiger partial charge in [0, 0.05) is 0 Å². The van der Waals surface area contributed by atoms with Crippen molar-refractivity contribution in [2.24, 2.45) is 0 Å². The fraction of sp³-hybridized carbons (Fsp3) is 0.417. The third-order valence-corrected chi connectivity index (χ3v) is 3.33. The largest absolute Gasteiger partial charge is 0.495 e. The van der Waals surface area contributed by atoms with Crippen LogP contribution in [0.1, 0.15) is 17.3 Å². The van der Waals surface area contributed by atoms with Crippen LogP contribution < -0.4 is 14.8 Å². The molecule has 0 fully saturated rings. The van der Waals surface area contributed by atoms with Crippen LogP contribution in [0.3, 0.4) is 0 Å². The van der Waals surface area contributed by atoms with Gasteiger partial charge in [0.1, 0.15) is 16.0 Å². The molecule has 0 spiro atoms. The van der Waals surface area contributed by atoms with E-state index in [2.05, 4.69) is 21.2 Å². The third kappa shape index (κ3) is 2.79. The summed E-state index contributed by atoms with van der Waals surface area (Å²) < 4.78 is 11.1. The van der Waals surface area contributed by atoms with Crippen molar-refractivity contribution in [3.8, 4) is 11.5 Å². The molecule has 1 N–H and O–H groups in total. The van der Waals surface area contributed by atoms with Crippen molar-refractivity contribution >= 4 is 21.7 Å². The Morgan fingerprint density at radius 1 is 1.35 bits per heavy atom. The molecule has 1 aromatic rings. The standard InChI is InChI=1S/C12H16BrNO3/c1-7(14-2)11(15)8-5-6-9(16-3)10(13)12(8)17-4/h5-7,14H,1-4H3. The lowest BCUT2D eigenvalue weighted by Crippen LogP contribution is -2.31. The second-order valence-electron chi connectivity index (χ2n) is 3.54. The van der Waals surface area contributed by atoms with Crippen molar-refractivity contribution in [1.82, 2.24) is 5.32 Å². The molecule has 1 unspecified atom stereocenters. The minimum atomic E-state index is -0.260. The van der Waals surface area contributed by atoms with Gasteiger partial charge in [-0.2, -0.15) is 0 Å². The smallest absolute Gasteiger partial charge is 0.183 e. The first-order valence-electron chi connectivity index (χ1n) is 5.18. The lowest BCUT2D eigenvalue weighted by Gasteiger charge is -2.15. The molecule has 0 bridgehead atoms. The molecule has 1 rings (SSSR count). The van der Waals surface area contributed by atoms with Gasteiger partial charge in [0.15, 0.2) is 5.78 Å². The molecular formula is C12H16BrNO3. The highest BCUT2D eigenvalue weighted by Gasteiger charge is 2.21. The SMILES string of the molecule is CNC(C)C(=O)c1ccc(OC)c(Br)c1OC. The molecule has 0 amide bonds. The number of ether oxygens (including phenoxy) is 2. The molecule has 0 aliphatic carbocycles. The molecule has 17 heavy (non-hydrogen) atoms. The average molecular weight is 302 g/mol. The summed E-state index contributed by atoms with van der Waals surface area (Å²) in [5.41, 5.74) is 0.530. The van der Waals surface area contributed by atoms with Crippen LogP contribution in [0.4, 0.5) is 0 Å². The number of benzene rings is 1. The molecule has 0 heterocycles. The second-order valence-corrected chi connectivity index (χ2v) is 4.33. The number of carbonyl (C=O) groups excluding carboxylic acids is 1. The van der Waals surface area contributed by atoms with Crippen molar-refractivity contribution in [3.63, 3.8) is 0 Å². The van der Waals surface area contributed by atoms with Crippen LogP contribution >= 0.6 is 15.9 Å². The molecule has 0 aliphatic rings. The maximum absolute atomic E-state index is 12.1. The van der Waals surface area contributed by atoms with E-state index in [0.29, 0.717) is 21.5 Å². The van der Waals surface area contributed by atoms with Crippen molar-refractivity contribution in [2.45, 2.75) is 13.0 Å². The summed E-state index contributed by atoms with van der Waals surface area (Å²) in [6.45, 7) is 1.81. The molecule has 4 nitrogen and oxygen atoms in total. The summed E-state index contributed by atoms with van der Waals surface area (Å²) in [5.74, 6) is 1.11. The zero-order chi connectivity index (χ0) is 13.0. The van der Waals surface area contributed by atoms with E-state index in [-0.39, 0.29) is 11.8 Å². The van der Waals surface area contributed by atoms with Gasteiger partial charge in [-0.3, -0.25) is 4.79 Å². The van der Waals surface area contributed by atoms with Crippen molar-refractivity contribution < 1.29 is 14.3 Å². The summed E-state index contributed by atoms with van der Waals surface area (Å²) in [6.07, 6.45) is 0. The van der Waals surface area contributed by atoms with E-state index in [1.807, 2.05) is 0 Å². The Balaban J connectivity index is 3.26. The highest BCUT2D eigenvalue weighted by atomic mass is 79.9. The van der Waals surface area contributed by atoms with Crippen molar-refractivity contribution in [2.75, 3.05) is 21.3 Å². The Labute approximate surface area is 109 Å². The molecule has 5 heteroatoms. The van der Waals surface area contributed by atoms with Gasteiger partial charge in [0.2, 0.25) is 0 Å². The van der Waals surface area contributed by atoms with E-state index in [1.54, 1.807) is 33.2 Å². The highest BCUT2D eigenvalue weighted by molar-refractivity contribution is 9.10. The van der Waals surface area contributed by atoms with Crippen molar-refractivity contribution in [1.29, 1.82) is 0 Å². The monoisotopic (exact) mass is 301 g/mol. The molecular weight excluding hydrogens is 286 g/mol. The first kappa shape index (κ1) is 14.0. The number of likely N-dealkylation sites (N-methyl/N-ethyl adjacent to an activating group) is 1. The molecule has 0 saturated heterocycles. The Hall–Kier alpha value is -1.07. The van der Waals surface area contributed by atoms with Gasteiger partial charge in [-0.15, -0.1) is 0 Å². The topological polar surface area (TPSA) is 47.6 Å². The molecule has 1 aromatic carbocycles. The Morgan fingerprint density at radius 3 is 2.47 bits per heavy atom. The maximum atomic E-state index is 12.1. The van der Waals surface area contributed by atoms with Crippen molar-refractivity contribution in [3.05, 3.63) is 22.2 Å². The number of hydrogen-bond acceptors (Lipinski definition) is 4. The zero-order valence-corrected chi connectivity index (χ0v) is 11.9. The van der Waals surface area contributed by atoms with E-state index in [9.17, 15) is 4.79 Å². The minimum absolute atomic E-state index is 0.0206. The fourth-order valence-electron chi connectivity index (χ4n) is 1.45. The number of nitrogens with one attached hydrogen (secondary N) is 1. The van der Waals surface area contributed by atoms with Crippen LogP contribution in [0.15, 0.2) is 16.6 Å². The highest BCUT2D eigenvalue weighted by Crippen LogP contribution is 2.37. The van der Waals surface area contributed by atoms with Crippen LogP contribution in [0.2, 0.25) is 0 Å². The normalized spacial score (nSPS) is 12.1. The first-order valence-corrected chi connectivity index (χ1v) is 5.98. The van der Waals surface area contributed by atoms with Gasteiger partial charge in [-0.1, -0.05) is 0 Å². The lowest BCUT2D eigenvalue weighted by atomic mass is 10.0. The number of methoxy groups -OCH3 is 2. The molecule has 1 atom stereocenters. The number of ketones is 1. The zero-order valence-electron chi connectivity index (χ0n) is 10.3. The predicted molar refractivity (Wildman–Crippen MR) is 70.1 cm³/mol. The predicted octanol–water partition coefficient (Wildman–Crippen LogP) is 2.26. The van der Waals surface area contributed by atoms with Gasteiger partial charge in [-0.25, -0.2) is 0 Å².